The van der Waals surface area contributed by atoms with Crippen molar-refractivity contribution in [2.45, 2.75) is 24.5 Å². The number of hydroxylamine groups is 1. The third-order valence-corrected chi connectivity index (χ3v) is 6.92. The lowest BCUT2D eigenvalue weighted by atomic mass is 10.0. The lowest BCUT2D eigenvalue weighted by molar-refractivity contribution is 0.0233. The molecular formula is C23H22N2O4S. The molecule has 3 aromatic carbocycles. The molecule has 0 saturated heterocycles. The van der Waals surface area contributed by atoms with Gasteiger partial charge >= 0.3 is 0 Å². The summed E-state index contributed by atoms with van der Waals surface area (Å²) < 4.78 is 27.7. The monoisotopic (exact) mass is 422 g/mol. The van der Waals surface area contributed by atoms with E-state index in [9.17, 15) is 13.2 Å². The second-order valence-electron chi connectivity index (χ2n) is 7.09. The molecule has 1 aliphatic rings. The molecule has 0 spiro atoms. The van der Waals surface area contributed by atoms with E-state index in [2.05, 4.69) is 5.48 Å². The van der Waals surface area contributed by atoms with Crippen LogP contribution in [0.5, 0.6) is 0 Å². The van der Waals surface area contributed by atoms with Crippen LogP contribution in [0.15, 0.2) is 83.8 Å². The summed E-state index contributed by atoms with van der Waals surface area (Å²) in [6, 6.07) is 23.3. The van der Waals surface area contributed by atoms with E-state index in [1.54, 1.807) is 12.1 Å². The lowest BCUT2D eigenvalue weighted by Gasteiger charge is -2.28. The van der Waals surface area contributed by atoms with Crippen LogP contribution < -0.4 is 5.48 Å². The number of nitrogens with zero attached hydrogens (tertiary/aromatic N) is 1. The molecular weight excluding hydrogens is 400 g/mol. The first-order valence-corrected chi connectivity index (χ1v) is 11.1. The predicted octanol–water partition coefficient (Wildman–Crippen LogP) is 3.30. The highest BCUT2D eigenvalue weighted by Crippen LogP contribution is 2.25. The van der Waals surface area contributed by atoms with Gasteiger partial charge in [-0.1, -0.05) is 60.7 Å². The lowest BCUT2D eigenvalue weighted by Crippen LogP contribution is -2.36. The molecule has 0 fully saturated rings. The average Bonchev–Trinajstić information content (AvgIpc) is 2.79. The zero-order valence-corrected chi connectivity index (χ0v) is 17.1. The number of carbonyl (C=O) groups is 1. The SMILES string of the molecule is O=C(NOCc1ccccc1)c1cccc(S(=O)(=O)N2CCc3ccccc3C2)c1. The Hall–Kier alpha value is -3.00. The van der Waals surface area contributed by atoms with Gasteiger partial charge in [0.25, 0.3) is 5.91 Å². The van der Waals surface area contributed by atoms with Gasteiger partial charge in [-0.05, 0) is 41.3 Å². The first-order valence-electron chi connectivity index (χ1n) is 9.67. The Morgan fingerprint density at radius 2 is 1.67 bits per heavy atom. The fraction of sp³-hybridized carbons (Fsp3) is 0.174. The van der Waals surface area contributed by atoms with E-state index in [-0.39, 0.29) is 17.1 Å². The van der Waals surface area contributed by atoms with Crippen LogP contribution in [0.2, 0.25) is 0 Å². The molecule has 6 nitrogen and oxygen atoms in total. The highest BCUT2D eigenvalue weighted by molar-refractivity contribution is 7.89. The van der Waals surface area contributed by atoms with Crippen molar-refractivity contribution in [1.29, 1.82) is 0 Å². The van der Waals surface area contributed by atoms with Crippen LogP contribution in [0.3, 0.4) is 0 Å². The molecule has 0 radical (unpaired) electrons. The van der Waals surface area contributed by atoms with E-state index in [1.165, 1.54) is 22.0 Å². The molecule has 1 amide bonds. The molecule has 30 heavy (non-hydrogen) atoms. The third kappa shape index (κ3) is 4.43. The maximum Gasteiger partial charge on any atom is 0.274 e. The van der Waals surface area contributed by atoms with Gasteiger partial charge in [0, 0.05) is 18.7 Å². The van der Waals surface area contributed by atoms with Crippen molar-refractivity contribution >= 4 is 15.9 Å². The molecule has 1 heterocycles. The van der Waals surface area contributed by atoms with E-state index >= 15 is 0 Å². The van der Waals surface area contributed by atoms with Crippen LogP contribution >= 0.6 is 0 Å². The highest BCUT2D eigenvalue weighted by atomic mass is 32.2. The summed E-state index contributed by atoms with van der Waals surface area (Å²) in [5, 5.41) is 0. The van der Waals surface area contributed by atoms with Gasteiger partial charge in [0.15, 0.2) is 0 Å². The summed E-state index contributed by atoms with van der Waals surface area (Å²) in [5.41, 5.74) is 5.69. The Labute approximate surface area is 176 Å². The van der Waals surface area contributed by atoms with Crippen molar-refractivity contribution in [1.82, 2.24) is 9.79 Å². The Morgan fingerprint density at radius 1 is 0.933 bits per heavy atom. The molecule has 0 atom stereocenters. The standard InChI is InChI=1S/C23H22N2O4S/c26-23(24-29-17-18-7-2-1-3-8-18)20-11-6-12-22(15-20)30(27,28)25-14-13-19-9-4-5-10-21(19)16-25/h1-12,15H,13-14,16-17H2,(H,24,26). The quantitative estimate of drug-likeness (QED) is 0.619. The average molecular weight is 423 g/mol. The largest absolute Gasteiger partial charge is 0.274 e. The Bertz CT molecular complexity index is 1150. The topological polar surface area (TPSA) is 75.7 Å². The number of benzene rings is 3. The highest BCUT2D eigenvalue weighted by Gasteiger charge is 2.28. The van der Waals surface area contributed by atoms with Gasteiger partial charge in [-0.3, -0.25) is 9.63 Å². The van der Waals surface area contributed by atoms with E-state index in [0.29, 0.717) is 19.5 Å². The number of nitrogens with one attached hydrogen (secondary N) is 1. The minimum atomic E-state index is -3.71. The molecule has 7 heteroatoms. The van der Waals surface area contributed by atoms with Gasteiger partial charge in [-0.15, -0.1) is 0 Å². The van der Waals surface area contributed by atoms with Crippen LogP contribution in [0, 0.1) is 0 Å². The van der Waals surface area contributed by atoms with Gasteiger partial charge in [0.2, 0.25) is 10.0 Å². The third-order valence-electron chi connectivity index (χ3n) is 5.08. The predicted molar refractivity (Wildman–Crippen MR) is 113 cm³/mol. The molecule has 154 valence electrons. The normalized spacial score (nSPS) is 14.1. The van der Waals surface area contributed by atoms with E-state index in [0.717, 1.165) is 11.1 Å². The van der Waals surface area contributed by atoms with Gasteiger partial charge in [0.05, 0.1) is 11.5 Å². The van der Waals surface area contributed by atoms with Gasteiger partial charge < -0.3 is 0 Å². The number of hydrogen-bond acceptors (Lipinski definition) is 4. The number of fused-ring (bicyclic) bond motifs is 1. The fourth-order valence-corrected chi connectivity index (χ4v) is 4.91. The smallest absolute Gasteiger partial charge is 0.269 e. The van der Waals surface area contributed by atoms with Crippen molar-refractivity contribution in [2.75, 3.05) is 6.54 Å². The molecule has 0 saturated carbocycles. The molecule has 3 aromatic rings. The summed E-state index contributed by atoms with van der Waals surface area (Å²) in [6.45, 7) is 0.961. The molecule has 1 N–H and O–H groups in total. The fourth-order valence-electron chi connectivity index (χ4n) is 3.44. The van der Waals surface area contributed by atoms with Crippen LogP contribution in [-0.2, 0) is 34.4 Å². The summed E-state index contributed by atoms with van der Waals surface area (Å²) in [5.74, 6) is -0.494. The summed E-state index contributed by atoms with van der Waals surface area (Å²) in [7, 11) is -3.71. The first kappa shape index (κ1) is 20.3. The van der Waals surface area contributed by atoms with Crippen molar-refractivity contribution in [3.05, 3.63) is 101 Å². The van der Waals surface area contributed by atoms with Crippen molar-refractivity contribution in [3.8, 4) is 0 Å². The minimum absolute atomic E-state index is 0.0950. The summed E-state index contributed by atoms with van der Waals surface area (Å²) >= 11 is 0. The van der Waals surface area contributed by atoms with Gasteiger partial charge in [0.1, 0.15) is 0 Å². The van der Waals surface area contributed by atoms with Crippen LogP contribution in [-0.4, -0.2) is 25.2 Å². The number of sulfonamides is 1. The molecule has 0 unspecified atom stereocenters. The maximum atomic E-state index is 13.1. The number of amides is 1. The molecule has 1 aliphatic heterocycles. The zero-order valence-electron chi connectivity index (χ0n) is 16.3. The molecule has 0 bridgehead atoms. The molecule has 4 rings (SSSR count). The van der Waals surface area contributed by atoms with Gasteiger partial charge in [-0.2, -0.15) is 4.31 Å². The van der Waals surface area contributed by atoms with E-state index in [1.807, 2.05) is 54.6 Å². The zero-order chi connectivity index (χ0) is 21.0. The number of carbonyl (C=O) groups excluding carboxylic acids is 1. The summed E-state index contributed by atoms with van der Waals surface area (Å²) in [6.07, 6.45) is 0.670. The second kappa shape index (κ2) is 8.79. The van der Waals surface area contributed by atoms with Crippen LogP contribution in [0.1, 0.15) is 27.0 Å². The van der Waals surface area contributed by atoms with E-state index < -0.39 is 15.9 Å². The van der Waals surface area contributed by atoms with Gasteiger partial charge in [-0.25, -0.2) is 13.9 Å². The first-order chi connectivity index (χ1) is 14.5. The van der Waals surface area contributed by atoms with Crippen molar-refractivity contribution in [3.63, 3.8) is 0 Å². The number of rotatable bonds is 6. The molecule has 0 aliphatic carbocycles. The van der Waals surface area contributed by atoms with Crippen molar-refractivity contribution in [2.24, 2.45) is 0 Å². The Morgan fingerprint density at radius 3 is 2.47 bits per heavy atom. The minimum Gasteiger partial charge on any atom is -0.269 e. The van der Waals surface area contributed by atoms with E-state index in [4.69, 9.17) is 4.84 Å². The molecule has 0 aromatic heterocycles. The summed E-state index contributed by atoms with van der Waals surface area (Å²) in [4.78, 5) is 17.8. The van der Waals surface area contributed by atoms with Crippen molar-refractivity contribution < 1.29 is 18.0 Å². The second-order valence-corrected chi connectivity index (χ2v) is 9.03. The Kier molecular flexibility index (Phi) is 5.94. The Balaban J connectivity index is 1.45. The number of hydrogen-bond donors (Lipinski definition) is 1. The van der Waals surface area contributed by atoms with Crippen LogP contribution in [0.4, 0.5) is 0 Å². The maximum absolute atomic E-state index is 13.1. The van der Waals surface area contributed by atoms with Crippen LogP contribution in [0.25, 0.3) is 0 Å².